The minimum absolute atomic E-state index is 0.0681. The number of carbonyl (C=O) groups excluding carboxylic acids is 2. The minimum atomic E-state index is -2.95. The van der Waals surface area contributed by atoms with Crippen molar-refractivity contribution in [2.24, 2.45) is 0 Å². The number of nitrogens with zero attached hydrogens (tertiary/aromatic N) is 2. The van der Waals surface area contributed by atoms with E-state index < -0.39 is 12.7 Å². The lowest BCUT2D eigenvalue weighted by molar-refractivity contribution is -0.138. The molecule has 132 valence electrons. The first-order valence-corrected chi connectivity index (χ1v) is 8.04. The molecule has 7 heteroatoms. The Bertz CT molecular complexity index is 595. The number of piperazine rings is 1. The highest BCUT2D eigenvalue weighted by molar-refractivity contribution is 5.98. The van der Waals surface area contributed by atoms with Gasteiger partial charge in [-0.05, 0) is 24.6 Å². The Morgan fingerprint density at radius 1 is 1.38 bits per heavy atom. The summed E-state index contributed by atoms with van der Waals surface area (Å²) in [5.41, 5.74) is 0.243. The van der Waals surface area contributed by atoms with Crippen LogP contribution in [0.3, 0.4) is 0 Å². The normalized spacial score (nSPS) is 18.2. The molecular weight excluding hydrogens is 318 g/mol. The van der Waals surface area contributed by atoms with E-state index in [0.29, 0.717) is 19.5 Å². The topological polar surface area (TPSA) is 49.9 Å². The van der Waals surface area contributed by atoms with Crippen molar-refractivity contribution < 1.29 is 23.1 Å². The Morgan fingerprint density at radius 2 is 2.12 bits per heavy atom. The molecule has 0 N–H and O–H groups in total. The summed E-state index contributed by atoms with van der Waals surface area (Å²) in [6.07, 6.45) is 2.36. The summed E-state index contributed by atoms with van der Waals surface area (Å²) in [6.45, 7) is -0.0395. The number of likely N-dealkylation sites (N-methyl/N-ethyl adjacent to an activating group) is 1. The first-order valence-electron chi connectivity index (χ1n) is 8.04. The third kappa shape index (κ3) is 4.21. The van der Waals surface area contributed by atoms with Crippen molar-refractivity contribution >= 4 is 11.8 Å². The van der Waals surface area contributed by atoms with Gasteiger partial charge in [-0.3, -0.25) is 9.59 Å². The molecule has 0 spiro atoms. The van der Waals surface area contributed by atoms with E-state index in [0.717, 1.165) is 12.8 Å². The third-order valence-electron chi connectivity index (χ3n) is 4.11. The van der Waals surface area contributed by atoms with Crippen molar-refractivity contribution in [3.63, 3.8) is 0 Å². The highest BCUT2D eigenvalue weighted by Crippen LogP contribution is 2.22. The Labute approximate surface area is 140 Å². The molecule has 2 rings (SSSR count). The van der Waals surface area contributed by atoms with Crippen LogP contribution in [0.1, 0.15) is 36.5 Å². The minimum Gasteiger partial charge on any atom is -0.435 e. The van der Waals surface area contributed by atoms with E-state index in [1.807, 2.05) is 6.92 Å². The Hall–Kier alpha value is -2.18. The van der Waals surface area contributed by atoms with Gasteiger partial charge < -0.3 is 14.5 Å². The zero-order chi connectivity index (χ0) is 17.7. The largest absolute Gasteiger partial charge is 0.435 e. The van der Waals surface area contributed by atoms with Gasteiger partial charge in [0.25, 0.3) is 5.91 Å². The molecular formula is C17H22F2N2O3. The highest BCUT2D eigenvalue weighted by atomic mass is 19.3. The molecule has 0 radical (unpaired) electrons. The van der Waals surface area contributed by atoms with E-state index in [9.17, 15) is 18.4 Å². The monoisotopic (exact) mass is 340 g/mol. The van der Waals surface area contributed by atoms with Gasteiger partial charge in [0.2, 0.25) is 5.91 Å². The summed E-state index contributed by atoms with van der Waals surface area (Å²) in [7, 11) is 1.72. The number of hydrogen-bond donors (Lipinski definition) is 0. The van der Waals surface area contributed by atoms with Crippen molar-refractivity contribution in [2.45, 2.75) is 38.8 Å². The van der Waals surface area contributed by atoms with Crippen LogP contribution in [0.4, 0.5) is 8.78 Å². The number of amides is 2. The Balaban J connectivity index is 2.21. The lowest BCUT2D eigenvalue weighted by Crippen LogP contribution is -2.57. The molecule has 1 saturated heterocycles. The fourth-order valence-corrected chi connectivity index (χ4v) is 2.80. The standard InChI is InChI=1S/C17H22F2N2O3/c1-3-4-8-14-16(23)20(2)9-10-21(14)15(22)12-6-5-7-13(11-12)24-17(18)19/h5-7,11,14,17H,3-4,8-10H2,1-2H3. The maximum Gasteiger partial charge on any atom is 0.387 e. The van der Waals surface area contributed by atoms with Crippen molar-refractivity contribution in [2.75, 3.05) is 20.1 Å². The average Bonchev–Trinajstić information content (AvgIpc) is 2.55. The van der Waals surface area contributed by atoms with Crippen LogP contribution < -0.4 is 4.74 Å². The van der Waals surface area contributed by atoms with E-state index in [1.165, 1.54) is 18.2 Å². The van der Waals surface area contributed by atoms with Gasteiger partial charge in [-0.25, -0.2) is 0 Å². The molecule has 0 aromatic heterocycles. The van der Waals surface area contributed by atoms with Crippen LogP contribution in [0.25, 0.3) is 0 Å². The van der Waals surface area contributed by atoms with Crippen LogP contribution in [0.5, 0.6) is 5.75 Å². The molecule has 1 aromatic carbocycles. The van der Waals surface area contributed by atoms with Crippen molar-refractivity contribution in [1.29, 1.82) is 0 Å². The summed E-state index contributed by atoms with van der Waals surface area (Å²) >= 11 is 0. The Kier molecular flexibility index (Phi) is 6.11. The second-order valence-electron chi connectivity index (χ2n) is 5.82. The predicted molar refractivity (Wildman–Crippen MR) is 85.1 cm³/mol. The fourth-order valence-electron chi connectivity index (χ4n) is 2.80. The first kappa shape index (κ1) is 18.2. The summed E-state index contributed by atoms with van der Waals surface area (Å²) in [5.74, 6) is -0.485. The second-order valence-corrected chi connectivity index (χ2v) is 5.82. The van der Waals surface area contributed by atoms with Crippen LogP contribution in [-0.2, 0) is 4.79 Å². The summed E-state index contributed by atoms with van der Waals surface area (Å²) < 4.78 is 29.0. The average molecular weight is 340 g/mol. The summed E-state index contributed by atoms with van der Waals surface area (Å²) in [6, 6.07) is 5.18. The first-order chi connectivity index (χ1) is 11.4. The van der Waals surface area contributed by atoms with E-state index in [4.69, 9.17) is 0 Å². The van der Waals surface area contributed by atoms with Crippen LogP contribution in [0.2, 0.25) is 0 Å². The molecule has 1 aliphatic heterocycles. The lowest BCUT2D eigenvalue weighted by atomic mass is 10.0. The smallest absolute Gasteiger partial charge is 0.387 e. The highest BCUT2D eigenvalue weighted by Gasteiger charge is 2.35. The number of carbonyl (C=O) groups is 2. The van der Waals surface area contributed by atoms with E-state index in [2.05, 4.69) is 4.74 Å². The van der Waals surface area contributed by atoms with E-state index in [-0.39, 0.29) is 23.1 Å². The molecule has 5 nitrogen and oxygen atoms in total. The number of ether oxygens (including phenoxy) is 1. The van der Waals surface area contributed by atoms with Crippen molar-refractivity contribution in [3.05, 3.63) is 29.8 Å². The SMILES string of the molecule is CCCCC1C(=O)N(C)CCN1C(=O)c1cccc(OC(F)F)c1. The molecule has 1 aliphatic rings. The quantitative estimate of drug-likeness (QED) is 0.800. The summed E-state index contributed by atoms with van der Waals surface area (Å²) in [4.78, 5) is 28.3. The van der Waals surface area contributed by atoms with Crippen molar-refractivity contribution in [1.82, 2.24) is 9.80 Å². The number of unbranched alkanes of at least 4 members (excludes halogenated alkanes) is 1. The van der Waals surface area contributed by atoms with Gasteiger partial charge in [0.1, 0.15) is 11.8 Å². The zero-order valence-electron chi connectivity index (χ0n) is 13.9. The van der Waals surface area contributed by atoms with Crippen LogP contribution >= 0.6 is 0 Å². The van der Waals surface area contributed by atoms with Crippen LogP contribution in [0, 0.1) is 0 Å². The van der Waals surface area contributed by atoms with Crippen LogP contribution in [0.15, 0.2) is 24.3 Å². The number of rotatable bonds is 6. The number of hydrogen-bond acceptors (Lipinski definition) is 3. The molecule has 1 unspecified atom stereocenters. The van der Waals surface area contributed by atoms with Gasteiger partial charge >= 0.3 is 6.61 Å². The fraction of sp³-hybridized carbons (Fsp3) is 0.529. The van der Waals surface area contributed by atoms with E-state index in [1.54, 1.807) is 22.9 Å². The number of halogens is 2. The van der Waals surface area contributed by atoms with Gasteiger partial charge in [-0.2, -0.15) is 8.78 Å². The maximum absolute atomic E-state index is 12.8. The molecule has 0 aliphatic carbocycles. The maximum atomic E-state index is 12.8. The van der Waals surface area contributed by atoms with Gasteiger partial charge in [-0.1, -0.05) is 25.8 Å². The molecule has 2 amide bonds. The molecule has 0 saturated carbocycles. The lowest BCUT2D eigenvalue weighted by Gasteiger charge is -2.39. The Morgan fingerprint density at radius 3 is 2.79 bits per heavy atom. The number of benzene rings is 1. The van der Waals surface area contributed by atoms with E-state index >= 15 is 0 Å². The second kappa shape index (κ2) is 8.08. The molecule has 1 fully saturated rings. The van der Waals surface area contributed by atoms with Gasteiger partial charge in [0, 0.05) is 25.7 Å². The van der Waals surface area contributed by atoms with Crippen LogP contribution in [-0.4, -0.2) is 54.4 Å². The molecule has 24 heavy (non-hydrogen) atoms. The predicted octanol–water partition coefficient (Wildman–Crippen LogP) is 2.76. The molecule has 1 aromatic rings. The van der Waals surface area contributed by atoms with Gasteiger partial charge in [0.05, 0.1) is 0 Å². The molecule has 0 bridgehead atoms. The van der Waals surface area contributed by atoms with Gasteiger partial charge in [-0.15, -0.1) is 0 Å². The molecule has 1 atom stereocenters. The third-order valence-corrected chi connectivity index (χ3v) is 4.11. The van der Waals surface area contributed by atoms with Gasteiger partial charge in [0.15, 0.2) is 0 Å². The van der Waals surface area contributed by atoms with Crippen molar-refractivity contribution in [3.8, 4) is 5.75 Å². The number of alkyl halides is 2. The summed E-state index contributed by atoms with van der Waals surface area (Å²) in [5, 5.41) is 0. The zero-order valence-corrected chi connectivity index (χ0v) is 13.9. The molecule has 1 heterocycles.